The lowest BCUT2D eigenvalue weighted by molar-refractivity contribution is -0.138. The maximum absolute atomic E-state index is 11.4. The average Bonchev–Trinajstić information content (AvgIpc) is 2.52. The predicted octanol–water partition coefficient (Wildman–Crippen LogP) is 3.50. The van der Waals surface area contributed by atoms with Gasteiger partial charge in [-0.15, -0.1) is 0 Å². The van der Waals surface area contributed by atoms with Gasteiger partial charge in [-0.25, -0.2) is 0 Å². The summed E-state index contributed by atoms with van der Waals surface area (Å²) in [5.74, 6) is -0.884. The molecule has 0 aliphatic heterocycles. The van der Waals surface area contributed by atoms with Crippen molar-refractivity contribution in [1.29, 1.82) is 0 Å². The second-order valence-electron chi connectivity index (χ2n) is 4.88. The van der Waals surface area contributed by atoms with Crippen LogP contribution < -0.4 is 5.32 Å². The number of benzene rings is 2. The summed E-state index contributed by atoms with van der Waals surface area (Å²) in [6.07, 6.45) is 3.50. The molecule has 2 rings (SSSR count). The topological polar surface area (TPSA) is 49.3 Å². The van der Waals surface area contributed by atoms with Gasteiger partial charge in [-0.3, -0.25) is 10.1 Å². The number of hydrogen-bond acceptors (Lipinski definition) is 2. The highest BCUT2D eigenvalue weighted by atomic mass is 16.4. The minimum Gasteiger partial charge on any atom is -0.480 e. The molecule has 108 valence electrons. The minimum absolute atomic E-state index is 0.0345. The van der Waals surface area contributed by atoms with Crippen molar-refractivity contribution in [1.82, 2.24) is 5.32 Å². The number of carboxylic acid groups (broad SMARTS) is 1. The molecule has 0 aliphatic carbocycles. The van der Waals surface area contributed by atoms with E-state index in [1.54, 1.807) is 6.08 Å². The summed E-state index contributed by atoms with van der Waals surface area (Å²) in [7, 11) is 0. The molecule has 0 saturated heterocycles. The minimum atomic E-state index is -0.884. The van der Waals surface area contributed by atoms with Crippen LogP contribution in [0.2, 0.25) is 0 Å². The lowest BCUT2D eigenvalue weighted by atomic mass is 10.1. The van der Waals surface area contributed by atoms with Gasteiger partial charge in [0, 0.05) is 6.04 Å². The highest BCUT2D eigenvalue weighted by Crippen LogP contribution is 2.13. The van der Waals surface area contributed by atoms with Crippen LogP contribution in [0.5, 0.6) is 0 Å². The third kappa shape index (κ3) is 4.58. The summed E-state index contributed by atoms with van der Waals surface area (Å²) in [6, 6.07) is 18.7. The number of carboxylic acids is 1. The Balaban J connectivity index is 2.06. The average molecular weight is 281 g/mol. The van der Waals surface area contributed by atoms with Crippen LogP contribution in [0, 0.1) is 0 Å². The van der Waals surface area contributed by atoms with Crippen molar-refractivity contribution >= 4 is 12.0 Å². The van der Waals surface area contributed by atoms with Crippen molar-refractivity contribution in [2.24, 2.45) is 0 Å². The largest absolute Gasteiger partial charge is 0.480 e. The molecule has 2 atom stereocenters. The summed E-state index contributed by atoms with van der Waals surface area (Å²) in [5, 5.41) is 12.4. The zero-order valence-corrected chi connectivity index (χ0v) is 11.9. The molecular formula is C18H19NO2. The fraction of sp³-hybridized carbons (Fsp3) is 0.167. The predicted molar refractivity (Wildman–Crippen MR) is 84.9 cm³/mol. The van der Waals surface area contributed by atoms with Crippen LogP contribution in [0.25, 0.3) is 6.08 Å². The maximum Gasteiger partial charge on any atom is 0.324 e. The van der Waals surface area contributed by atoms with Gasteiger partial charge in [0.15, 0.2) is 0 Å². The highest BCUT2D eigenvalue weighted by molar-refractivity contribution is 5.77. The Morgan fingerprint density at radius 1 is 1.05 bits per heavy atom. The molecule has 0 heterocycles. The smallest absolute Gasteiger partial charge is 0.324 e. The SMILES string of the molecule is CC(NC(/C=C/c1ccccc1)C(=O)O)c1ccccc1. The van der Waals surface area contributed by atoms with E-state index in [-0.39, 0.29) is 6.04 Å². The van der Waals surface area contributed by atoms with Gasteiger partial charge >= 0.3 is 5.97 Å². The molecule has 2 unspecified atom stereocenters. The maximum atomic E-state index is 11.4. The molecule has 3 heteroatoms. The molecule has 0 saturated carbocycles. The van der Waals surface area contributed by atoms with E-state index in [2.05, 4.69) is 5.32 Å². The molecule has 0 fully saturated rings. The molecule has 2 aromatic carbocycles. The summed E-state index contributed by atoms with van der Waals surface area (Å²) in [5.41, 5.74) is 2.05. The number of aliphatic carboxylic acids is 1. The summed E-state index contributed by atoms with van der Waals surface area (Å²) in [4.78, 5) is 11.4. The Bertz CT molecular complexity index is 593. The number of nitrogens with one attached hydrogen (secondary N) is 1. The van der Waals surface area contributed by atoms with Crippen LogP contribution in [0.1, 0.15) is 24.1 Å². The van der Waals surface area contributed by atoms with Crippen molar-refractivity contribution in [3.05, 3.63) is 77.9 Å². The molecule has 2 aromatic rings. The number of rotatable bonds is 6. The standard InChI is InChI=1S/C18H19NO2/c1-14(16-10-6-3-7-11-16)19-17(18(20)21)13-12-15-8-4-2-5-9-15/h2-14,17,19H,1H3,(H,20,21)/b13-12+. The van der Waals surface area contributed by atoms with E-state index >= 15 is 0 Å². The normalized spacial score (nSPS) is 14.0. The summed E-state index contributed by atoms with van der Waals surface area (Å²) < 4.78 is 0. The molecular weight excluding hydrogens is 262 g/mol. The van der Waals surface area contributed by atoms with E-state index in [1.165, 1.54) is 0 Å². The first-order valence-electron chi connectivity index (χ1n) is 6.94. The second-order valence-corrected chi connectivity index (χ2v) is 4.88. The van der Waals surface area contributed by atoms with E-state index in [1.807, 2.05) is 73.7 Å². The first-order chi connectivity index (χ1) is 10.2. The van der Waals surface area contributed by atoms with Gasteiger partial charge in [0.25, 0.3) is 0 Å². The van der Waals surface area contributed by atoms with E-state index in [0.29, 0.717) is 0 Å². The zero-order chi connectivity index (χ0) is 15.1. The zero-order valence-electron chi connectivity index (χ0n) is 11.9. The highest BCUT2D eigenvalue weighted by Gasteiger charge is 2.17. The molecule has 0 amide bonds. The Morgan fingerprint density at radius 2 is 1.62 bits per heavy atom. The van der Waals surface area contributed by atoms with Crippen molar-refractivity contribution < 1.29 is 9.90 Å². The fourth-order valence-corrected chi connectivity index (χ4v) is 2.09. The van der Waals surface area contributed by atoms with Crippen molar-refractivity contribution in [2.75, 3.05) is 0 Å². The van der Waals surface area contributed by atoms with Gasteiger partial charge in [0.05, 0.1) is 0 Å². The van der Waals surface area contributed by atoms with Crippen LogP contribution >= 0.6 is 0 Å². The van der Waals surface area contributed by atoms with E-state index in [9.17, 15) is 9.90 Å². The van der Waals surface area contributed by atoms with Gasteiger partial charge in [0.2, 0.25) is 0 Å². The number of carbonyl (C=O) groups is 1. The molecule has 21 heavy (non-hydrogen) atoms. The van der Waals surface area contributed by atoms with E-state index < -0.39 is 12.0 Å². The Kier molecular flexibility index (Phi) is 5.29. The quantitative estimate of drug-likeness (QED) is 0.852. The first-order valence-corrected chi connectivity index (χ1v) is 6.94. The Hall–Kier alpha value is -2.39. The monoisotopic (exact) mass is 281 g/mol. The molecule has 0 aliphatic rings. The van der Waals surface area contributed by atoms with Crippen LogP contribution in [0.15, 0.2) is 66.7 Å². The van der Waals surface area contributed by atoms with Gasteiger partial charge in [-0.05, 0) is 18.1 Å². The molecule has 2 N–H and O–H groups in total. The molecule has 0 bridgehead atoms. The lowest BCUT2D eigenvalue weighted by Crippen LogP contribution is -2.36. The van der Waals surface area contributed by atoms with Gasteiger partial charge in [-0.1, -0.05) is 72.8 Å². The Morgan fingerprint density at radius 3 is 2.19 bits per heavy atom. The summed E-state index contributed by atoms with van der Waals surface area (Å²) >= 11 is 0. The van der Waals surface area contributed by atoms with Gasteiger partial charge in [-0.2, -0.15) is 0 Å². The molecule has 0 spiro atoms. The molecule has 0 radical (unpaired) electrons. The van der Waals surface area contributed by atoms with Crippen LogP contribution in [0.3, 0.4) is 0 Å². The Labute approximate surface area is 124 Å². The first kappa shape index (κ1) is 15.0. The van der Waals surface area contributed by atoms with Crippen LogP contribution in [-0.2, 0) is 4.79 Å². The van der Waals surface area contributed by atoms with E-state index in [0.717, 1.165) is 11.1 Å². The summed E-state index contributed by atoms with van der Waals surface area (Å²) in [6.45, 7) is 1.96. The third-order valence-electron chi connectivity index (χ3n) is 3.28. The van der Waals surface area contributed by atoms with E-state index in [4.69, 9.17) is 0 Å². The van der Waals surface area contributed by atoms with Gasteiger partial charge in [0.1, 0.15) is 6.04 Å². The van der Waals surface area contributed by atoms with Crippen molar-refractivity contribution in [3.8, 4) is 0 Å². The van der Waals surface area contributed by atoms with Crippen LogP contribution in [-0.4, -0.2) is 17.1 Å². The molecule has 0 aromatic heterocycles. The second kappa shape index (κ2) is 7.41. The fourth-order valence-electron chi connectivity index (χ4n) is 2.09. The molecule has 3 nitrogen and oxygen atoms in total. The van der Waals surface area contributed by atoms with Crippen molar-refractivity contribution in [2.45, 2.75) is 19.0 Å². The van der Waals surface area contributed by atoms with Gasteiger partial charge < -0.3 is 5.11 Å². The number of hydrogen-bond donors (Lipinski definition) is 2. The third-order valence-corrected chi connectivity index (χ3v) is 3.28. The van der Waals surface area contributed by atoms with Crippen LogP contribution in [0.4, 0.5) is 0 Å². The van der Waals surface area contributed by atoms with Crippen molar-refractivity contribution in [3.63, 3.8) is 0 Å². The lowest BCUT2D eigenvalue weighted by Gasteiger charge is -2.18.